The number of carbonyl (C=O) groups is 2. The van der Waals surface area contributed by atoms with E-state index in [1.807, 2.05) is 19.1 Å². The van der Waals surface area contributed by atoms with Crippen LogP contribution in [0.25, 0.3) is 0 Å². The fourth-order valence-electron chi connectivity index (χ4n) is 3.12. The topological polar surface area (TPSA) is 80.8 Å². The van der Waals surface area contributed by atoms with E-state index >= 15 is 0 Å². The molecule has 1 saturated heterocycles. The van der Waals surface area contributed by atoms with Gasteiger partial charge in [-0.15, -0.1) is 0 Å². The van der Waals surface area contributed by atoms with Gasteiger partial charge < -0.3 is 19.7 Å². The van der Waals surface area contributed by atoms with E-state index in [9.17, 15) is 9.59 Å². The molecule has 1 aliphatic heterocycles. The van der Waals surface area contributed by atoms with E-state index in [4.69, 9.17) is 9.47 Å². The lowest BCUT2D eigenvalue weighted by molar-refractivity contribution is -0.124. The number of ether oxygens (including phenoxy) is 2. The first-order chi connectivity index (χ1) is 13.7. The van der Waals surface area contributed by atoms with Crippen molar-refractivity contribution < 1.29 is 19.1 Å². The molecule has 0 bridgehead atoms. The molecule has 0 atom stereocenters. The number of benzene rings is 1. The lowest BCUT2D eigenvalue weighted by atomic mass is 10.0. The summed E-state index contributed by atoms with van der Waals surface area (Å²) in [5.41, 5.74) is 0.591. The number of rotatable bonds is 7. The van der Waals surface area contributed by atoms with Crippen LogP contribution < -0.4 is 14.8 Å². The SMILES string of the molecule is CCOc1ccc(OCC(=O)NC2CCN(C(=O)c3cccnc3)CC2)cc1. The molecule has 0 unspecified atom stereocenters. The van der Waals surface area contributed by atoms with Crippen LogP contribution in [0.15, 0.2) is 48.8 Å². The van der Waals surface area contributed by atoms with Crippen LogP contribution in [0.1, 0.15) is 30.1 Å². The molecule has 7 heteroatoms. The molecule has 2 heterocycles. The van der Waals surface area contributed by atoms with Gasteiger partial charge in [0.2, 0.25) is 0 Å². The van der Waals surface area contributed by atoms with Crippen molar-refractivity contribution in [1.29, 1.82) is 0 Å². The number of amides is 2. The highest BCUT2D eigenvalue weighted by molar-refractivity contribution is 5.93. The third-order valence-electron chi connectivity index (χ3n) is 4.56. The van der Waals surface area contributed by atoms with Crippen LogP contribution in [0.4, 0.5) is 0 Å². The molecule has 0 aliphatic carbocycles. The summed E-state index contributed by atoms with van der Waals surface area (Å²) in [5.74, 6) is 1.21. The van der Waals surface area contributed by atoms with Gasteiger partial charge in [0.25, 0.3) is 11.8 Å². The number of carbonyl (C=O) groups excluding carboxylic acids is 2. The van der Waals surface area contributed by atoms with Crippen LogP contribution in [-0.2, 0) is 4.79 Å². The van der Waals surface area contributed by atoms with E-state index in [-0.39, 0.29) is 24.5 Å². The molecule has 0 saturated carbocycles. The second kappa shape index (κ2) is 9.73. The number of nitrogens with one attached hydrogen (secondary N) is 1. The maximum Gasteiger partial charge on any atom is 0.258 e. The third-order valence-corrected chi connectivity index (χ3v) is 4.56. The summed E-state index contributed by atoms with van der Waals surface area (Å²) in [6, 6.07) is 10.7. The molecule has 1 N–H and O–H groups in total. The summed E-state index contributed by atoms with van der Waals surface area (Å²) in [7, 11) is 0. The highest BCUT2D eigenvalue weighted by Gasteiger charge is 2.24. The van der Waals surface area contributed by atoms with Gasteiger partial charge >= 0.3 is 0 Å². The molecule has 3 rings (SSSR count). The first kappa shape index (κ1) is 19.7. The average molecular weight is 383 g/mol. The van der Waals surface area contributed by atoms with Crippen LogP contribution in [0.5, 0.6) is 11.5 Å². The number of nitrogens with zero attached hydrogens (tertiary/aromatic N) is 2. The van der Waals surface area contributed by atoms with Crippen molar-refractivity contribution in [3.05, 3.63) is 54.4 Å². The Hall–Kier alpha value is -3.09. The van der Waals surface area contributed by atoms with E-state index in [0.29, 0.717) is 31.0 Å². The van der Waals surface area contributed by atoms with E-state index in [1.54, 1.807) is 41.6 Å². The molecule has 1 fully saturated rings. The maximum absolute atomic E-state index is 12.4. The number of aromatic nitrogens is 1. The normalized spacial score (nSPS) is 14.4. The smallest absolute Gasteiger partial charge is 0.258 e. The molecule has 2 aromatic rings. The Morgan fingerprint density at radius 1 is 1.11 bits per heavy atom. The van der Waals surface area contributed by atoms with Gasteiger partial charge in [0.05, 0.1) is 12.2 Å². The Kier molecular flexibility index (Phi) is 6.84. The van der Waals surface area contributed by atoms with Crippen molar-refractivity contribution in [2.45, 2.75) is 25.8 Å². The summed E-state index contributed by atoms with van der Waals surface area (Å²) in [4.78, 5) is 30.4. The van der Waals surface area contributed by atoms with Crippen molar-refractivity contribution >= 4 is 11.8 Å². The molecular weight excluding hydrogens is 358 g/mol. The van der Waals surface area contributed by atoms with Gasteiger partial charge in [-0.3, -0.25) is 14.6 Å². The Bertz CT molecular complexity index is 772. The molecule has 0 spiro atoms. The zero-order chi connectivity index (χ0) is 19.8. The molecule has 0 radical (unpaired) electrons. The van der Waals surface area contributed by atoms with E-state index in [1.165, 1.54) is 0 Å². The minimum Gasteiger partial charge on any atom is -0.494 e. The second-order valence-electron chi connectivity index (χ2n) is 6.57. The summed E-state index contributed by atoms with van der Waals surface area (Å²) >= 11 is 0. The standard InChI is InChI=1S/C21H25N3O4/c1-2-27-18-5-7-19(8-6-18)28-15-20(25)23-17-9-12-24(13-10-17)21(26)16-4-3-11-22-14-16/h3-8,11,14,17H,2,9-10,12-13,15H2,1H3,(H,23,25). The lowest BCUT2D eigenvalue weighted by Crippen LogP contribution is -2.47. The molecule has 1 aliphatic rings. The van der Waals surface area contributed by atoms with Crippen LogP contribution in [0.2, 0.25) is 0 Å². The highest BCUT2D eigenvalue weighted by atomic mass is 16.5. The average Bonchev–Trinajstić information content (AvgIpc) is 2.74. The largest absolute Gasteiger partial charge is 0.494 e. The molecule has 1 aromatic carbocycles. The fraction of sp³-hybridized carbons (Fsp3) is 0.381. The number of likely N-dealkylation sites (tertiary alicyclic amines) is 1. The summed E-state index contributed by atoms with van der Waals surface area (Å²) in [6.07, 6.45) is 4.67. The van der Waals surface area contributed by atoms with Gasteiger partial charge in [-0.2, -0.15) is 0 Å². The van der Waals surface area contributed by atoms with Crippen LogP contribution in [0.3, 0.4) is 0 Å². The van der Waals surface area contributed by atoms with Crippen molar-refractivity contribution in [2.75, 3.05) is 26.3 Å². The molecule has 28 heavy (non-hydrogen) atoms. The van der Waals surface area contributed by atoms with Crippen LogP contribution >= 0.6 is 0 Å². The molecule has 7 nitrogen and oxygen atoms in total. The van der Waals surface area contributed by atoms with Crippen LogP contribution in [0, 0.1) is 0 Å². The lowest BCUT2D eigenvalue weighted by Gasteiger charge is -2.32. The zero-order valence-corrected chi connectivity index (χ0v) is 16.0. The van der Waals surface area contributed by atoms with Crippen molar-refractivity contribution in [3.63, 3.8) is 0 Å². The quantitative estimate of drug-likeness (QED) is 0.793. The zero-order valence-electron chi connectivity index (χ0n) is 16.0. The van der Waals surface area contributed by atoms with Gasteiger partial charge in [-0.1, -0.05) is 0 Å². The Labute approximate surface area is 164 Å². The molecular formula is C21H25N3O4. The minimum atomic E-state index is -0.161. The summed E-state index contributed by atoms with van der Waals surface area (Å²) < 4.78 is 10.9. The van der Waals surface area contributed by atoms with Gasteiger partial charge in [0.15, 0.2) is 6.61 Å². The second-order valence-corrected chi connectivity index (χ2v) is 6.57. The molecule has 2 amide bonds. The number of piperidine rings is 1. The van der Waals surface area contributed by atoms with E-state index in [0.717, 1.165) is 18.6 Å². The first-order valence-corrected chi connectivity index (χ1v) is 9.50. The summed E-state index contributed by atoms with van der Waals surface area (Å²) in [6.45, 7) is 3.71. The van der Waals surface area contributed by atoms with Gasteiger partial charge in [-0.05, 0) is 56.2 Å². The highest BCUT2D eigenvalue weighted by Crippen LogP contribution is 2.17. The Morgan fingerprint density at radius 3 is 2.39 bits per heavy atom. The minimum absolute atomic E-state index is 0.0169. The predicted molar refractivity (Wildman–Crippen MR) is 104 cm³/mol. The Morgan fingerprint density at radius 2 is 1.79 bits per heavy atom. The first-order valence-electron chi connectivity index (χ1n) is 9.50. The number of hydrogen-bond acceptors (Lipinski definition) is 5. The van der Waals surface area contributed by atoms with Gasteiger partial charge in [0, 0.05) is 31.5 Å². The summed E-state index contributed by atoms with van der Waals surface area (Å²) in [5, 5.41) is 2.98. The van der Waals surface area contributed by atoms with E-state index < -0.39 is 0 Å². The Balaban J connectivity index is 1.39. The number of pyridine rings is 1. The van der Waals surface area contributed by atoms with Crippen molar-refractivity contribution in [3.8, 4) is 11.5 Å². The predicted octanol–water partition coefficient (Wildman–Crippen LogP) is 2.28. The fourth-order valence-corrected chi connectivity index (χ4v) is 3.12. The molecule has 148 valence electrons. The van der Waals surface area contributed by atoms with Crippen molar-refractivity contribution in [2.24, 2.45) is 0 Å². The van der Waals surface area contributed by atoms with Gasteiger partial charge in [0.1, 0.15) is 11.5 Å². The maximum atomic E-state index is 12.4. The van der Waals surface area contributed by atoms with Gasteiger partial charge in [-0.25, -0.2) is 0 Å². The monoisotopic (exact) mass is 383 g/mol. The van der Waals surface area contributed by atoms with Crippen molar-refractivity contribution in [1.82, 2.24) is 15.2 Å². The molecule has 1 aromatic heterocycles. The third kappa shape index (κ3) is 5.45. The number of hydrogen-bond donors (Lipinski definition) is 1. The van der Waals surface area contributed by atoms with Crippen LogP contribution in [-0.4, -0.2) is 54.0 Å². The van der Waals surface area contributed by atoms with E-state index in [2.05, 4.69) is 10.3 Å².